The minimum Gasteiger partial charge on any atom is -0.444 e. The highest BCUT2D eigenvalue weighted by atomic mass is 32.2. The molecule has 21 heavy (non-hydrogen) atoms. The number of rotatable bonds is 9. The third-order valence-corrected chi connectivity index (χ3v) is 4.68. The Bertz CT molecular complexity index is 302. The molecule has 0 aromatic carbocycles. The van der Waals surface area contributed by atoms with Gasteiger partial charge in [-0.3, -0.25) is 0 Å². The molecule has 4 nitrogen and oxygen atoms in total. The molecule has 0 fully saturated rings. The number of nitrogens with one attached hydrogen (secondary N) is 1. The number of ether oxygens (including phenoxy) is 1. The molecule has 0 bridgehead atoms. The van der Waals surface area contributed by atoms with Gasteiger partial charge in [-0.1, -0.05) is 20.8 Å². The Morgan fingerprint density at radius 1 is 1.33 bits per heavy atom. The van der Waals surface area contributed by atoms with Gasteiger partial charge in [0.2, 0.25) is 0 Å². The summed E-state index contributed by atoms with van der Waals surface area (Å²) in [6.07, 6.45) is 1.54. The van der Waals surface area contributed by atoms with Crippen LogP contribution in [-0.4, -0.2) is 41.5 Å². The molecule has 0 aliphatic rings. The van der Waals surface area contributed by atoms with Gasteiger partial charge in [0.1, 0.15) is 5.60 Å². The second-order valence-electron chi connectivity index (χ2n) is 6.83. The topological polar surface area (TPSA) is 58.6 Å². The molecule has 0 aromatic rings. The molecule has 1 atom stereocenters. The number of amides is 1. The maximum Gasteiger partial charge on any atom is 0.407 e. The van der Waals surface area contributed by atoms with E-state index in [0.29, 0.717) is 12.5 Å². The monoisotopic (exact) mass is 319 g/mol. The van der Waals surface area contributed by atoms with E-state index in [4.69, 9.17) is 4.74 Å². The minimum atomic E-state index is -0.498. The summed E-state index contributed by atoms with van der Waals surface area (Å²) in [6, 6.07) is 0. The highest BCUT2D eigenvalue weighted by molar-refractivity contribution is 7.99. The Kier molecular flexibility index (Phi) is 9.38. The zero-order valence-electron chi connectivity index (χ0n) is 14.5. The largest absolute Gasteiger partial charge is 0.444 e. The van der Waals surface area contributed by atoms with Gasteiger partial charge < -0.3 is 15.2 Å². The van der Waals surface area contributed by atoms with Crippen LogP contribution in [0.3, 0.4) is 0 Å². The van der Waals surface area contributed by atoms with E-state index in [0.717, 1.165) is 24.3 Å². The molecule has 0 aromatic heterocycles. The van der Waals surface area contributed by atoms with E-state index in [1.165, 1.54) is 0 Å². The van der Waals surface area contributed by atoms with Crippen LogP contribution in [0.25, 0.3) is 0 Å². The quantitative estimate of drug-likeness (QED) is 0.637. The summed E-state index contributed by atoms with van der Waals surface area (Å²) in [6.45, 7) is 12.4. The zero-order chi connectivity index (χ0) is 16.5. The summed E-state index contributed by atoms with van der Waals surface area (Å²) in [5.41, 5.74) is -0.771. The molecular weight excluding hydrogens is 286 g/mol. The van der Waals surface area contributed by atoms with Crippen molar-refractivity contribution in [3.05, 3.63) is 0 Å². The highest BCUT2D eigenvalue weighted by Gasteiger charge is 2.33. The van der Waals surface area contributed by atoms with Crippen molar-refractivity contribution in [2.24, 2.45) is 11.3 Å². The molecule has 0 aliphatic carbocycles. The molecule has 1 unspecified atom stereocenters. The van der Waals surface area contributed by atoms with Crippen LogP contribution in [0.4, 0.5) is 4.79 Å². The van der Waals surface area contributed by atoms with E-state index >= 15 is 0 Å². The third-order valence-electron chi connectivity index (χ3n) is 3.69. The Labute approximate surface area is 134 Å². The van der Waals surface area contributed by atoms with Crippen molar-refractivity contribution < 1.29 is 14.6 Å². The molecule has 2 N–H and O–H groups in total. The lowest BCUT2D eigenvalue weighted by Gasteiger charge is -2.36. The van der Waals surface area contributed by atoms with Crippen LogP contribution in [0.1, 0.15) is 54.4 Å². The van der Waals surface area contributed by atoms with E-state index in [9.17, 15) is 9.90 Å². The van der Waals surface area contributed by atoms with Crippen molar-refractivity contribution in [2.45, 2.75) is 60.0 Å². The lowest BCUT2D eigenvalue weighted by molar-refractivity contribution is 0.0366. The van der Waals surface area contributed by atoms with Crippen molar-refractivity contribution >= 4 is 17.9 Å². The van der Waals surface area contributed by atoms with Crippen molar-refractivity contribution in [1.82, 2.24) is 5.32 Å². The van der Waals surface area contributed by atoms with Gasteiger partial charge in [0.25, 0.3) is 0 Å². The predicted octanol–water partition coefficient (Wildman–Crippen LogP) is 3.68. The molecule has 0 saturated carbocycles. The van der Waals surface area contributed by atoms with Crippen LogP contribution in [-0.2, 0) is 4.74 Å². The Morgan fingerprint density at radius 2 is 1.95 bits per heavy atom. The Morgan fingerprint density at radius 3 is 2.38 bits per heavy atom. The maximum atomic E-state index is 11.8. The fourth-order valence-electron chi connectivity index (χ4n) is 2.13. The van der Waals surface area contributed by atoms with E-state index in [1.54, 1.807) is 0 Å². The number of alkyl carbamates (subject to hydrolysis) is 1. The van der Waals surface area contributed by atoms with Gasteiger partial charge >= 0.3 is 6.09 Å². The van der Waals surface area contributed by atoms with Crippen molar-refractivity contribution in [2.75, 3.05) is 24.7 Å². The fourth-order valence-corrected chi connectivity index (χ4v) is 2.77. The van der Waals surface area contributed by atoms with E-state index in [2.05, 4.69) is 26.1 Å². The SMILES string of the molecule is CCSCCCC(CO)(CNC(=O)OC(C)(C)C)C(C)C. The number of thioether (sulfide) groups is 1. The van der Waals surface area contributed by atoms with Gasteiger partial charge in [-0.2, -0.15) is 11.8 Å². The van der Waals surface area contributed by atoms with Crippen LogP contribution >= 0.6 is 11.8 Å². The first-order chi connectivity index (χ1) is 9.67. The molecule has 5 heteroatoms. The van der Waals surface area contributed by atoms with Crippen LogP contribution in [0, 0.1) is 11.3 Å². The maximum absolute atomic E-state index is 11.8. The third kappa shape index (κ3) is 8.57. The summed E-state index contributed by atoms with van der Waals surface area (Å²) >= 11 is 1.91. The first kappa shape index (κ1) is 20.6. The van der Waals surface area contributed by atoms with Gasteiger partial charge in [-0.15, -0.1) is 0 Å². The minimum absolute atomic E-state index is 0.0806. The smallest absolute Gasteiger partial charge is 0.407 e. The molecule has 0 radical (unpaired) electrons. The number of aliphatic hydroxyl groups excluding tert-OH is 1. The highest BCUT2D eigenvalue weighted by Crippen LogP contribution is 2.32. The summed E-state index contributed by atoms with van der Waals surface area (Å²) in [4.78, 5) is 11.8. The molecule has 0 aliphatic heterocycles. The van der Waals surface area contributed by atoms with E-state index < -0.39 is 11.7 Å². The van der Waals surface area contributed by atoms with Gasteiger partial charge in [-0.25, -0.2) is 4.79 Å². The Balaban J connectivity index is 4.51. The van der Waals surface area contributed by atoms with E-state index in [-0.39, 0.29) is 12.0 Å². The molecule has 0 rings (SSSR count). The molecule has 0 heterocycles. The lowest BCUT2D eigenvalue weighted by Crippen LogP contribution is -2.45. The summed E-state index contributed by atoms with van der Waals surface area (Å²) in [5.74, 6) is 2.51. The van der Waals surface area contributed by atoms with Crippen molar-refractivity contribution in [1.29, 1.82) is 0 Å². The number of carbonyl (C=O) groups is 1. The van der Waals surface area contributed by atoms with Crippen LogP contribution in [0.2, 0.25) is 0 Å². The van der Waals surface area contributed by atoms with Crippen LogP contribution < -0.4 is 5.32 Å². The normalized spacial score (nSPS) is 14.9. The average Bonchev–Trinajstić information content (AvgIpc) is 2.36. The lowest BCUT2D eigenvalue weighted by atomic mass is 9.74. The second-order valence-corrected chi connectivity index (χ2v) is 8.22. The number of hydrogen-bond acceptors (Lipinski definition) is 4. The molecular formula is C16H33NO3S. The van der Waals surface area contributed by atoms with Crippen LogP contribution in [0.15, 0.2) is 0 Å². The molecule has 126 valence electrons. The number of hydrogen-bond donors (Lipinski definition) is 2. The Hall–Kier alpha value is -0.420. The van der Waals surface area contributed by atoms with Crippen LogP contribution in [0.5, 0.6) is 0 Å². The van der Waals surface area contributed by atoms with Gasteiger partial charge in [-0.05, 0) is 51.0 Å². The zero-order valence-corrected chi connectivity index (χ0v) is 15.3. The summed E-state index contributed by atoms with van der Waals surface area (Å²) < 4.78 is 5.26. The molecule has 0 saturated heterocycles. The van der Waals surface area contributed by atoms with E-state index in [1.807, 2.05) is 32.5 Å². The average molecular weight is 320 g/mol. The summed E-state index contributed by atoms with van der Waals surface area (Å²) in [7, 11) is 0. The van der Waals surface area contributed by atoms with Gasteiger partial charge in [0.05, 0.1) is 6.61 Å². The first-order valence-electron chi connectivity index (χ1n) is 7.82. The van der Waals surface area contributed by atoms with Crippen molar-refractivity contribution in [3.63, 3.8) is 0 Å². The predicted molar refractivity (Wildman–Crippen MR) is 90.8 cm³/mol. The second kappa shape index (κ2) is 9.57. The molecule has 1 amide bonds. The van der Waals surface area contributed by atoms with Gasteiger partial charge in [0, 0.05) is 12.0 Å². The standard InChI is InChI=1S/C16H33NO3S/c1-7-21-10-8-9-16(12-18,13(2)3)11-17-14(19)20-15(4,5)6/h13,18H,7-12H2,1-6H3,(H,17,19). The van der Waals surface area contributed by atoms with Crippen molar-refractivity contribution in [3.8, 4) is 0 Å². The molecule has 0 spiro atoms. The number of carbonyl (C=O) groups excluding carboxylic acids is 1. The first-order valence-corrected chi connectivity index (χ1v) is 8.98. The van der Waals surface area contributed by atoms with Gasteiger partial charge in [0.15, 0.2) is 0 Å². The summed E-state index contributed by atoms with van der Waals surface area (Å²) in [5, 5.41) is 12.7. The fraction of sp³-hybridized carbons (Fsp3) is 0.938. The number of aliphatic hydroxyl groups is 1.